The molecule has 0 fully saturated rings. The Bertz CT molecular complexity index is 1190. The molecule has 0 aliphatic carbocycles. The van der Waals surface area contributed by atoms with Crippen LogP contribution < -0.4 is 9.64 Å². The van der Waals surface area contributed by atoms with E-state index in [0.717, 1.165) is 28.9 Å². The van der Waals surface area contributed by atoms with Crippen molar-refractivity contribution in [2.24, 2.45) is 0 Å². The van der Waals surface area contributed by atoms with E-state index in [4.69, 9.17) is 4.74 Å². The van der Waals surface area contributed by atoms with Crippen molar-refractivity contribution >= 4 is 42.4 Å². The van der Waals surface area contributed by atoms with E-state index in [2.05, 4.69) is 4.98 Å². The molecule has 0 aliphatic rings. The first-order chi connectivity index (χ1) is 15.3. The highest BCUT2D eigenvalue weighted by molar-refractivity contribution is 7.91. The number of hydrogen-bond acceptors (Lipinski definition) is 7. The minimum absolute atomic E-state index is 0.0600. The third-order valence-electron chi connectivity index (χ3n) is 4.96. The van der Waals surface area contributed by atoms with Crippen LogP contribution in [0.1, 0.15) is 30.6 Å². The average molecular weight is 476 g/mol. The Morgan fingerprint density at radius 2 is 1.84 bits per heavy atom. The molecule has 1 aromatic heterocycles. The largest absolute Gasteiger partial charge is 0.494 e. The zero-order chi connectivity index (χ0) is 23.3. The number of benzene rings is 2. The Balaban J connectivity index is 2.04. The van der Waals surface area contributed by atoms with E-state index in [9.17, 15) is 13.2 Å². The molecule has 0 aliphatic heterocycles. The monoisotopic (exact) mass is 475 g/mol. The zero-order valence-electron chi connectivity index (χ0n) is 18.9. The summed E-state index contributed by atoms with van der Waals surface area (Å²) >= 11 is 1.40. The van der Waals surface area contributed by atoms with Crippen LogP contribution in [0.5, 0.6) is 5.75 Å². The van der Waals surface area contributed by atoms with Gasteiger partial charge in [0.25, 0.3) is 5.91 Å². The van der Waals surface area contributed by atoms with Gasteiger partial charge in [-0.2, -0.15) is 0 Å². The number of carbonyl (C=O) groups excluding carboxylic acids is 1. The van der Waals surface area contributed by atoms with Crippen LogP contribution in [-0.4, -0.2) is 63.8 Å². The maximum atomic E-state index is 13.6. The van der Waals surface area contributed by atoms with Gasteiger partial charge in [-0.1, -0.05) is 30.4 Å². The fourth-order valence-electron chi connectivity index (χ4n) is 3.31. The van der Waals surface area contributed by atoms with Crippen LogP contribution in [0.2, 0.25) is 0 Å². The van der Waals surface area contributed by atoms with E-state index in [1.165, 1.54) is 17.4 Å². The van der Waals surface area contributed by atoms with Crippen molar-refractivity contribution in [2.75, 3.05) is 44.4 Å². The van der Waals surface area contributed by atoms with Gasteiger partial charge in [-0.15, -0.1) is 0 Å². The Morgan fingerprint density at radius 3 is 2.53 bits per heavy atom. The summed E-state index contributed by atoms with van der Waals surface area (Å²) in [5, 5.41) is 0.543. The average Bonchev–Trinajstić information content (AvgIpc) is 3.19. The fourth-order valence-corrected chi connectivity index (χ4v) is 5.41. The van der Waals surface area contributed by atoms with Crippen LogP contribution in [0.25, 0.3) is 10.2 Å². The Kier molecular flexibility index (Phi) is 7.86. The van der Waals surface area contributed by atoms with Crippen molar-refractivity contribution in [2.45, 2.75) is 25.2 Å². The van der Waals surface area contributed by atoms with E-state index in [-0.39, 0.29) is 22.1 Å². The minimum Gasteiger partial charge on any atom is -0.494 e. The van der Waals surface area contributed by atoms with Crippen molar-refractivity contribution in [3.63, 3.8) is 0 Å². The highest BCUT2D eigenvalue weighted by Crippen LogP contribution is 2.33. The summed E-state index contributed by atoms with van der Waals surface area (Å²) in [6.07, 6.45) is 0.724. The van der Waals surface area contributed by atoms with Crippen LogP contribution in [-0.2, 0) is 9.84 Å². The normalized spacial score (nSPS) is 11.8. The lowest BCUT2D eigenvalue weighted by Crippen LogP contribution is -2.34. The van der Waals surface area contributed by atoms with E-state index >= 15 is 0 Å². The number of carbonyl (C=O) groups is 1. The standard InChI is InChI=1S/C23H29N3O4S2/c1-5-30-17-12-13-19-20(16-17)31-23(24-19)26(15-9-14-25(3)4)22(27)18-10-7-8-11-21(18)32(28,29)6-2/h7-8,10-13,16H,5-6,9,14-15H2,1-4H3. The topological polar surface area (TPSA) is 79.8 Å². The zero-order valence-corrected chi connectivity index (χ0v) is 20.5. The van der Waals surface area contributed by atoms with Crippen molar-refractivity contribution in [1.29, 1.82) is 0 Å². The molecule has 0 saturated carbocycles. The fraction of sp³-hybridized carbons (Fsp3) is 0.391. The number of thiazole rings is 1. The molecule has 0 bridgehead atoms. The molecule has 0 unspecified atom stereocenters. The Labute approximate surface area is 193 Å². The lowest BCUT2D eigenvalue weighted by Gasteiger charge is -2.22. The molecule has 0 atom stereocenters. The molecule has 7 nitrogen and oxygen atoms in total. The minimum atomic E-state index is -3.55. The molecule has 0 radical (unpaired) electrons. The second-order valence-electron chi connectivity index (χ2n) is 7.57. The molecule has 0 spiro atoms. The second-order valence-corrected chi connectivity index (χ2v) is 10.8. The highest BCUT2D eigenvalue weighted by atomic mass is 32.2. The number of sulfone groups is 1. The lowest BCUT2D eigenvalue weighted by molar-refractivity contribution is 0.0983. The van der Waals surface area contributed by atoms with Gasteiger partial charge in [0.1, 0.15) is 5.75 Å². The summed E-state index contributed by atoms with van der Waals surface area (Å²) in [6, 6.07) is 12.0. The second kappa shape index (κ2) is 10.4. The molecular weight excluding hydrogens is 446 g/mol. The Morgan fingerprint density at radius 1 is 1.09 bits per heavy atom. The van der Waals surface area contributed by atoms with Crippen LogP contribution in [0.4, 0.5) is 5.13 Å². The first-order valence-electron chi connectivity index (χ1n) is 10.6. The smallest absolute Gasteiger partial charge is 0.261 e. The maximum absolute atomic E-state index is 13.6. The van der Waals surface area contributed by atoms with Crippen LogP contribution in [0.3, 0.4) is 0 Å². The van der Waals surface area contributed by atoms with Crippen molar-refractivity contribution in [3.8, 4) is 5.75 Å². The predicted octanol–water partition coefficient (Wildman–Crippen LogP) is 4.09. The molecule has 1 amide bonds. The third kappa shape index (κ3) is 5.46. The van der Waals surface area contributed by atoms with Gasteiger partial charge in [0.15, 0.2) is 15.0 Å². The number of anilines is 1. The summed E-state index contributed by atoms with van der Waals surface area (Å²) in [5.41, 5.74) is 0.946. The van der Waals surface area contributed by atoms with Crippen LogP contribution in [0.15, 0.2) is 47.4 Å². The number of fused-ring (bicyclic) bond motifs is 1. The highest BCUT2D eigenvalue weighted by Gasteiger charge is 2.27. The van der Waals surface area contributed by atoms with Gasteiger partial charge >= 0.3 is 0 Å². The molecule has 9 heteroatoms. The lowest BCUT2D eigenvalue weighted by atomic mass is 10.2. The molecule has 3 aromatic rings. The first-order valence-corrected chi connectivity index (χ1v) is 13.1. The van der Waals surface area contributed by atoms with Crippen molar-refractivity contribution in [1.82, 2.24) is 9.88 Å². The van der Waals surface area contributed by atoms with Crippen molar-refractivity contribution in [3.05, 3.63) is 48.0 Å². The molecular formula is C23H29N3O4S2. The van der Waals surface area contributed by atoms with Gasteiger partial charge in [-0.05, 0) is 64.3 Å². The number of ether oxygens (including phenoxy) is 1. The molecule has 3 rings (SSSR count). The summed E-state index contributed by atoms with van der Waals surface area (Å²) in [6.45, 7) is 5.28. The van der Waals surface area contributed by atoms with Gasteiger partial charge < -0.3 is 9.64 Å². The van der Waals surface area contributed by atoms with E-state index in [0.29, 0.717) is 18.3 Å². The van der Waals surface area contributed by atoms with Gasteiger partial charge in [0.2, 0.25) is 0 Å². The van der Waals surface area contributed by atoms with Gasteiger partial charge in [0.05, 0.1) is 33.0 Å². The number of amides is 1. The van der Waals surface area contributed by atoms with E-state index in [1.54, 1.807) is 30.0 Å². The number of hydrogen-bond donors (Lipinski definition) is 0. The quantitative estimate of drug-likeness (QED) is 0.439. The third-order valence-corrected chi connectivity index (χ3v) is 7.78. The van der Waals surface area contributed by atoms with E-state index < -0.39 is 9.84 Å². The molecule has 172 valence electrons. The summed E-state index contributed by atoms with van der Waals surface area (Å²) in [5.74, 6) is 0.319. The first kappa shape index (κ1) is 24.2. The summed E-state index contributed by atoms with van der Waals surface area (Å²) in [4.78, 5) is 22.0. The van der Waals surface area contributed by atoms with Gasteiger partial charge in [-0.3, -0.25) is 9.69 Å². The molecule has 0 saturated heterocycles. The predicted molar refractivity (Wildman–Crippen MR) is 130 cm³/mol. The molecule has 32 heavy (non-hydrogen) atoms. The number of nitrogens with zero attached hydrogens (tertiary/aromatic N) is 3. The van der Waals surface area contributed by atoms with Crippen LogP contribution >= 0.6 is 11.3 Å². The van der Waals surface area contributed by atoms with E-state index in [1.807, 2.05) is 44.1 Å². The van der Waals surface area contributed by atoms with Crippen molar-refractivity contribution < 1.29 is 17.9 Å². The number of aromatic nitrogens is 1. The summed E-state index contributed by atoms with van der Waals surface area (Å²) in [7, 11) is 0.400. The number of rotatable bonds is 10. The molecule has 0 N–H and O–H groups in total. The Hall–Kier alpha value is -2.49. The summed E-state index contributed by atoms with van der Waals surface area (Å²) < 4.78 is 31.7. The molecule has 2 aromatic carbocycles. The maximum Gasteiger partial charge on any atom is 0.261 e. The molecule has 1 heterocycles. The SMILES string of the molecule is CCOc1ccc2nc(N(CCCN(C)C)C(=O)c3ccccc3S(=O)(=O)CC)sc2c1. The van der Waals surface area contributed by atoms with Crippen LogP contribution in [0, 0.1) is 0 Å². The van der Waals surface area contributed by atoms with Gasteiger partial charge in [0, 0.05) is 6.54 Å². The van der Waals surface area contributed by atoms with Gasteiger partial charge in [-0.25, -0.2) is 13.4 Å².